The lowest BCUT2D eigenvalue weighted by Crippen LogP contribution is -2.10. The number of nitrogens with one attached hydrogen (secondary N) is 1. The summed E-state index contributed by atoms with van der Waals surface area (Å²) in [5, 5.41) is 2.86. The van der Waals surface area contributed by atoms with Crippen LogP contribution in [0.5, 0.6) is 5.75 Å². The van der Waals surface area contributed by atoms with Gasteiger partial charge in [0.05, 0.1) is 0 Å². The maximum atomic E-state index is 11.3. The van der Waals surface area contributed by atoms with E-state index in [0.717, 1.165) is 34.5 Å². The minimum absolute atomic E-state index is 0.0738. The van der Waals surface area contributed by atoms with Crippen molar-refractivity contribution >= 4 is 11.6 Å². The topological polar surface area (TPSA) is 38.3 Å². The molecule has 22 heavy (non-hydrogen) atoms. The minimum Gasteiger partial charge on any atom is -0.489 e. The first kappa shape index (κ1) is 16.1. The van der Waals surface area contributed by atoms with E-state index in [4.69, 9.17) is 4.74 Å². The molecule has 0 unspecified atom stereocenters. The molecule has 0 aromatic heterocycles. The molecule has 0 saturated heterocycles. The SMILES string of the molecule is CCc1ccc(OCc2ccc(C)cc2NC(C)=O)c(C)c1. The van der Waals surface area contributed by atoms with Gasteiger partial charge in [0.15, 0.2) is 0 Å². The van der Waals surface area contributed by atoms with E-state index in [2.05, 4.69) is 31.3 Å². The van der Waals surface area contributed by atoms with Gasteiger partial charge in [-0.2, -0.15) is 0 Å². The second kappa shape index (κ2) is 7.12. The highest BCUT2D eigenvalue weighted by atomic mass is 16.5. The Morgan fingerprint density at radius 1 is 1.14 bits per heavy atom. The van der Waals surface area contributed by atoms with Crippen LogP contribution < -0.4 is 10.1 Å². The van der Waals surface area contributed by atoms with Crippen molar-refractivity contribution in [2.24, 2.45) is 0 Å². The highest BCUT2D eigenvalue weighted by molar-refractivity contribution is 5.89. The molecule has 0 aliphatic carbocycles. The Morgan fingerprint density at radius 3 is 2.55 bits per heavy atom. The molecule has 116 valence electrons. The second-order valence-electron chi connectivity index (χ2n) is 5.58. The van der Waals surface area contributed by atoms with Gasteiger partial charge in [-0.05, 0) is 49.1 Å². The highest BCUT2D eigenvalue weighted by Crippen LogP contribution is 2.23. The number of rotatable bonds is 5. The predicted octanol–water partition coefficient (Wildman–Crippen LogP) is 4.40. The molecule has 0 radical (unpaired) electrons. The molecule has 3 nitrogen and oxygen atoms in total. The van der Waals surface area contributed by atoms with Gasteiger partial charge in [0.1, 0.15) is 12.4 Å². The van der Waals surface area contributed by atoms with E-state index in [1.54, 1.807) is 0 Å². The van der Waals surface area contributed by atoms with Crippen molar-refractivity contribution in [3.8, 4) is 5.75 Å². The molecule has 1 N–H and O–H groups in total. The number of anilines is 1. The van der Waals surface area contributed by atoms with Crippen molar-refractivity contribution in [3.05, 3.63) is 58.7 Å². The van der Waals surface area contributed by atoms with Crippen LogP contribution in [-0.2, 0) is 17.8 Å². The lowest BCUT2D eigenvalue weighted by Gasteiger charge is -2.14. The first-order chi connectivity index (χ1) is 10.5. The Bertz CT molecular complexity index is 677. The number of benzene rings is 2. The van der Waals surface area contributed by atoms with Crippen molar-refractivity contribution in [3.63, 3.8) is 0 Å². The summed E-state index contributed by atoms with van der Waals surface area (Å²) in [6.07, 6.45) is 1.02. The predicted molar refractivity (Wildman–Crippen MR) is 90.4 cm³/mol. The molecule has 0 bridgehead atoms. The highest BCUT2D eigenvalue weighted by Gasteiger charge is 2.07. The number of hydrogen-bond acceptors (Lipinski definition) is 2. The fourth-order valence-electron chi connectivity index (χ4n) is 2.37. The molecule has 0 aliphatic rings. The minimum atomic E-state index is -0.0738. The van der Waals surface area contributed by atoms with Gasteiger partial charge in [-0.3, -0.25) is 4.79 Å². The van der Waals surface area contributed by atoms with Crippen molar-refractivity contribution in [1.82, 2.24) is 0 Å². The van der Waals surface area contributed by atoms with Gasteiger partial charge in [0.25, 0.3) is 0 Å². The second-order valence-corrected chi connectivity index (χ2v) is 5.58. The zero-order valence-electron chi connectivity index (χ0n) is 13.7. The molecule has 0 heterocycles. The summed E-state index contributed by atoms with van der Waals surface area (Å²) in [5.41, 5.74) is 5.33. The van der Waals surface area contributed by atoms with Gasteiger partial charge in [0.2, 0.25) is 5.91 Å². The summed E-state index contributed by atoms with van der Waals surface area (Å²) in [4.78, 5) is 11.3. The third kappa shape index (κ3) is 4.10. The molecule has 0 atom stereocenters. The van der Waals surface area contributed by atoms with Gasteiger partial charge in [0, 0.05) is 18.2 Å². The largest absolute Gasteiger partial charge is 0.489 e. The van der Waals surface area contributed by atoms with E-state index in [-0.39, 0.29) is 5.91 Å². The quantitative estimate of drug-likeness (QED) is 0.888. The molecule has 0 aliphatic heterocycles. The molecule has 0 saturated carbocycles. The standard InChI is InChI=1S/C19H23NO2/c1-5-16-7-9-19(14(3)11-16)22-12-17-8-6-13(2)10-18(17)20-15(4)21/h6-11H,5,12H2,1-4H3,(H,20,21). The summed E-state index contributed by atoms with van der Waals surface area (Å²) < 4.78 is 5.93. The fraction of sp³-hybridized carbons (Fsp3) is 0.316. The number of aryl methyl sites for hydroxylation is 3. The normalized spacial score (nSPS) is 10.4. The van der Waals surface area contributed by atoms with Gasteiger partial charge >= 0.3 is 0 Å². The third-order valence-corrected chi connectivity index (χ3v) is 3.61. The number of carbonyl (C=O) groups excluding carboxylic acids is 1. The zero-order valence-corrected chi connectivity index (χ0v) is 13.7. The molecule has 0 spiro atoms. The summed E-state index contributed by atoms with van der Waals surface area (Å²) in [7, 11) is 0. The third-order valence-electron chi connectivity index (χ3n) is 3.61. The first-order valence-corrected chi connectivity index (χ1v) is 7.59. The number of amides is 1. The summed E-state index contributed by atoms with van der Waals surface area (Å²) in [6.45, 7) is 8.14. The Balaban J connectivity index is 2.16. The van der Waals surface area contributed by atoms with Gasteiger partial charge < -0.3 is 10.1 Å². The van der Waals surface area contributed by atoms with E-state index >= 15 is 0 Å². The molecule has 0 fully saturated rings. The Hall–Kier alpha value is -2.29. The van der Waals surface area contributed by atoms with Gasteiger partial charge in [-0.25, -0.2) is 0 Å². The Labute approximate surface area is 132 Å². The zero-order chi connectivity index (χ0) is 16.1. The van der Waals surface area contributed by atoms with Crippen LogP contribution in [0.2, 0.25) is 0 Å². The molecular weight excluding hydrogens is 274 g/mol. The maximum Gasteiger partial charge on any atom is 0.221 e. The maximum absolute atomic E-state index is 11.3. The van der Waals surface area contributed by atoms with E-state index < -0.39 is 0 Å². The van der Waals surface area contributed by atoms with Crippen molar-refractivity contribution < 1.29 is 9.53 Å². The summed E-state index contributed by atoms with van der Waals surface area (Å²) in [5.74, 6) is 0.807. The van der Waals surface area contributed by atoms with E-state index in [1.807, 2.05) is 31.2 Å². The smallest absolute Gasteiger partial charge is 0.221 e. The van der Waals surface area contributed by atoms with E-state index in [9.17, 15) is 4.79 Å². The number of hydrogen-bond donors (Lipinski definition) is 1. The van der Waals surface area contributed by atoms with Crippen LogP contribution >= 0.6 is 0 Å². The van der Waals surface area contributed by atoms with Gasteiger partial charge in [-0.1, -0.05) is 31.2 Å². The number of carbonyl (C=O) groups is 1. The van der Waals surface area contributed by atoms with Crippen LogP contribution in [0.25, 0.3) is 0 Å². The molecule has 1 amide bonds. The van der Waals surface area contributed by atoms with Crippen LogP contribution in [0.4, 0.5) is 5.69 Å². The average molecular weight is 297 g/mol. The molecule has 2 aromatic rings. The van der Waals surface area contributed by atoms with Crippen LogP contribution in [0.3, 0.4) is 0 Å². The van der Waals surface area contributed by atoms with Crippen LogP contribution in [0.15, 0.2) is 36.4 Å². The van der Waals surface area contributed by atoms with E-state index in [1.165, 1.54) is 12.5 Å². The fourth-order valence-corrected chi connectivity index (χ4v) is 2.37. The number of ether oxygens (including phenoxy) is 1. The molecule has 2 rings (SSSR count). The molecular formula is C19H23NO2. The van der Waals surface area contributed by atoms with Crippen molar-refractivity contribution in [2.45, 2.75) is 40.7 Å². The molecule has 3 heteroatoms. The van der Waals surface area contributed by atoms with Crippen LogP contribution in [-0.4, -0.2) is 5.91 Å². The average Bonchev–Trinajstić information content (AvgIpc) is 2.47. The van der Waals surface area contributed by atoms with Crippen LogP contribution in [0, 0.1) is 13.8 Å². The van der Waals surface area contributed by atoms with E-state index in [0.29, 0.717) is 6.61 Å². The molecule has 2 aromatic carbocycles. The van der Waals surface area contributed by atoms with Gasteiger partial charge in [-0.15, -0.1) is 0 Å². The lowest BCUT2D eigenvalue weighted by molar-refractivity contribution is -0.114. The van der Waals surface area contributed by atoms with Crippen molar-refractivity contribution in [2.75, 3.05) is 5.32 Å². The Morgan fingerprint density at radius 2 is 1.91 bits per heavy atom. The summed E-state index contributed by atoms with van der Waals surface area (Å²) in [6, 6.07) is 12.2. The first-order valence-electron chi connectivity index (χ1n) is 7.59. The van der Waals surface area contributed by atoms with Crippen LogP contribution in [0.1, 0.15) is 36.1 Å². The summed E-state index contributed by atoms with van der Waals surface area (Å²) >= 11 is 0. The van der Waals surface area contributed by atoms with Crippen molar-refractivity contribution in [1.29, 1.82) is 0 Å². The Kier molecular flexibility index (Phi) is 5.21. The monoisotopic (exact) mass is 297 g/mol. The lowest BCUT2D eigenvalue weighted by atomic mass is 10.1.